The first kappa shape index (κ1) is 43.4. The molecule has 14 nitrogen and oxygen atoms in total. The lowest BCUT2D eigenvalue weighted by Crippen LogP contribution is -1.81. The van der Waals surface area contributed by atoms with Crippen molar-refractivity contribution in [2.24, 2.45) is 20.0 Å². The van der Waals surface area contributed by atoms with Crippen LogP contribution in [0.3, 0.4) is 0 Å². The van der Waals surface area contributed by atoms with Gasteiger partial charge in [0.2, 0.25) is 0 Å². The van der Waals surface area contributed by atoms with Crippen LogP contribution in [0.5, 0.6) is 5.75 Å². The molecule has 1 saturated heterocycles. The van der Waals surface area contributed by atoms with Crippen LogP contribution in [-0.2, 0) is 30.4 Å². The van der Waals surface area contributed by atoms with Crippen molar-refractivity contribution in [3.63, 3.8) is 0 Å². The number of furan rings is 4. The highest BCUT2D eigenvalue weighted by Gasteiger charge is 2.18. The highest BCUT2D eigenvalue weighted by atomic mass is 32.2. The van der Waals surface area contributed by atoms with Gasteiger partial charge in [0.1, 0.15) is 64.6 Å². The van der Waals surface area contributed by atoms with Gasteiger partial charge in [0.25, 0.3) is 0 Å². The summed E-state index contributed by atoms with van der Waals surface area (Å²) < 4.78 is 26.1. The lowest BCUT2D eigenvalue weighted by Gasteiger charge is -1.95. The highest BCUT2D eigenvalue weighted by Crippen LogP contribution is 2.39. The summed E-state index contributed by atoms with van der Waals surface area (Å²) in [5, 5.41) is 9.68. The van der Waals surface area contributed by atoms with Gasteiger partial charge in [0, 0.05) is 94.1 Å². The van der Waals surface area contributed by atoms with Crippen LogP contribution in [0, 0.1) is 11.7 Å². The number of aromatic amines is 1. The van der Waals surface area contributed by atoms with E-state index in [0.717, 1.165) is 87.9 Å². The molecule has 0 radical (unpaired) electrons. The molecule has 294 valence electrons. The standard InChI is InChI=1S/C10H7N3OS.C7H7NO.C6H5NO2.C6H5NOS.C4H4N2S.C4H8O.2CH4/c1-3-12-10(13-4-1)15-8-6-14-7-2-5-11-9(7)8;1-5-4-9-6-2-3-8-7(5)6;8-4-3-9-5-1-2-7-6(4)5;9-5-3-8-4-1-2-7-6(4)5;7-4-5-2-1-3-6-4;1-2-4-5-3-1;;/h1,3-6H,2H2;3-4H,2H2,1H3;2-3,8H,1H2;2-3,9H,1H2;1-3H,(H,5,6,7);1-4H2;2*1H4. The maximum atomic E-state index is 8.96. The first-order valence-corrected chi connectivity index (χ1v) is 18.5. The summed E-state index contributed by atoms with van der Waals surface area (Å²) in [6.07, 6.45) is 26.2. The third-order valence-electron chi connectivity index (χ3n) is 7.60. The van der Waals surface area contributed by atoms with E-state index in [0.29, 0.717) is 22.0 Å². The fourth-order valence-corrected chi connectivity index (χ4v) is 6.15. The third kappa shape index (κ3) is 12.1. The Bertz CT molecular complexity index is 2130. The van der Waals surface area contributed by atoms with E-state index < -0.39 is 0 Å². The molecule has 11 heterocycles. The summed E-state index contributed by atoms with van der Waals surface area (Å²) in [5.41, 5.74) is 4.59. The second-order valence-corrected chi connectivity index (χ2v) is 13.3. The average molecular weight is 817 g/mol. The topological polar surface area (TPSA) is 186 Å². The van der Waals surface area contributed by atoms with Gasteiger partial charge in [-0.15, -0.1) is 12.6 Å². The van der Waals surface area contributed by atoms with E-state index in [9.17, 15) is 0 Å². The molecule has 11 rings (SSSR count). The van der Waals surface area contributed by atoms with Gasteiger partial charge in [-0.3, -0.25) is 20.0 Å². The van der Waals surface area contributed by atoms with E-state index in [4.69, 9.17) is 27.5 Å². The van der Waals surface area contributed by atoms with Gasteiger partial charge in [0.05, 0.1) is 16.1 Å². The minimum atomic E-state index is 0. The molecule has 1 fully saturated rings. The van der Waals surface area contributed by atoms with Crippen LogP contribution in [0.2, 0.25) is 0 Å². The van der Waals surface area contributed by atoms with Crippen molar-refractivity contribution in [2.45, 2.75) is 75.2 Å². The SMILES string of the molecule is C.C.C1=Nc2c(Sc3ncccn3)coc2C1.C1CCOC1.Cc1coc2c1N=CC2.Oc1coc2c1N=CC2.S=c1nccc[nH]1.Sc1coc2c1N=CC2. The van der Waals surface area contributed by atoms with E-state index in [-0.39, 0.29) is 20.6 Å². The van der Waals surface area contributed by atoms with Gasteiger partial charge in [-0.2, -0.15) is 0 Å². The zero-order chi connectivity index (χ0) is 37.5. The monoisotopic (exact) mass is 816 g/mol. The molecule has 0 bridgehead atoms. The quantitative estimate of drug-likeness (QED) is 0.0857. The minimum Gasteiger partial charge on any atom is -0.503 e. The second-order valence-electron chi connectivity index (χ2n) is 11.5. The average Bonchev–Trinajstić information content (AvgIpc) is 4.03. The molecule has 0 aromatic carbocycles. The fraction of sp³-hybridized carbons (Fsp3) is 0.282. The molecule has 0 unspecified atom stereocenters. The van der Waals surface area contributed by atoms with Crippen LogP contribution in [-0.4, -0.2) is 63.1 Å². The Balaban J connectivity index is 0.000000153. The Morgan fingerprint density at radius 1 is 0.679 bits per heavy atom. The summed E-state index contributed by atoms with van der Waals surface area (Å²) >= 11 is 10.2. The predicted octanol–water partition coefficient (Wildman–Crippen LogP) is 10.6. The number of thiol groups is 1. The smallest absolute Gasteiger partial charge is 0.196 e. The van der Waals surface area contributed by atoms with Gasteiger partial charge in [0.15, 0.2) is 15.7 Å². The van der Waals surface area contributed by atoms with Crippen molar-refractivity contribution >= 4 is 84.2 Å². The Hall–Kier alpha value is -5.36. The lowest BCUT2D eigenvalue weighted by atomic mass is 10.3. The Kier molecular flexibility index (Phi) is 17.2. The van der Waals surface area contributed by atoms with E-state index in [2.05, 4.69) is 64.8 Å². The Morgan fingerprint density at radius 2 is 1.21 bits per heavy atom. The molecular formula is C39H44N8O6S3. The van der Waals surface area contributed by atoms with Crippen LogP contribution < -0.4 is 0 Å². The van der Waals surface area contributed by atoms with Crippen LogP contribution in [0.15, 0.2) is 115 Å². The van der Waals surface area contributed by atoms with E-state index >= 15 is 0 Å². The number of nitrogens with one attached hydrogen (secondary N) is 1. The number of nitrogens with zero attached hydrogens (tertiary/aromatic N) is 7. The van der Waals surface area contributed by atoms with Crippen molar-refractivity contribution in [3.05, 3.63) is 95.3 Å². The molecule has 6 aromatic rings. The number of fused-ring (bicyclic) bond motifs is 4. The molecule has 2 N–H and O–H groups in total. The predicted molar refractivity (Wildman–Crippen MR) is 225 cm³/mol. The minimum absolute atomic E-state index is 0. The van der Waals surface area contributed by atoms with Gasteiger partial charge in [-0.05, 0) is 55.9 Å². The van der Waals surface area contributed by atoms with Crippen molar-refractivity contribution in [1.29, 1.82) is 0 Å². The molecule has 6 aromatic heterocycles. The number of hydrogen-bond donors (Lipinski definition) is 3. The van der Waals surface area contributed by atoms with Crippen molar-refractivity contribution in [3.8, 4) is 5.75 Å². The molecule has 56 heavy (non-hydrogen) atoms. The number of aliphatic imine (C=N–C) groups is 4. The molecule has 0 amide bonds. The summed E-state index contributed by atoms with van der Waals surface area (Å²) in [6.45, 7) is 4.00. The third-order valence-corrected chi connectivity index (χ3v) is 9.04. The molecule has 0 saturated carbocycles. The van der Waals surface area contributed by atoms with Crippen LogP contribution in [0.25, 0.3) is 0 Å². The summed E-state index contributed by atoms with van der Waals surface area (Å²) in [5.74, 6) is 3.76. The number of H-pyrrole nitrogens is 1. The Morgan fingerprint density at radius 3 is 1.77 bits per heavy atom. The first-order chi connectivity index (χ1) is 26.5. The lowest BCUT2D eigenvalue weighted by molar-refractivity contribution is 0.198. The van der Waals surface area contributed by atoms with E-state index in [1.807, 2.05) is 25.6 Å². The summed E-state index contributed by atoms with van der Waals surface area (Å²) in [6, 6.07) is 3.58. The normalized spacial score (nSPS) is 13.6. The highest BCUT2D eigenvalue weighted by molar-refractivity contribution is 7.99. The fourth-order valence-electron chi connectivity index (χ4n) is 5.00. The van der Waals surface area contributed by atoms with E-state index in [1.54, 1.807) is 61.9 Å². The number of ether oxygens (including phenoxy) is 1. The largest absolute Gasteiger partial charge is 0.503 e. The van der Waals surface area contributed by atoms with Crippen molar-refractivity contribution in [1.82, 2.24) is 19.9 Å². The van der Waals surface area contributed by atoms with E-state index in [1.165, 1.54) is 30.9 Å². The van der Waals surface area contributed by atoms with Gasteiger partial charge in [-0.1, -0.05) is 14.9 Å². The summed E-state index contributed by atoms with van der Waals surface area (Å²) in [4.78, 5) is 32.9. The molecule has 17 heteroatoms. The first-order valence-electron chi connectivity index (χ1n) is 16.8. The molecule has 0 aliphatic carbocycles. The Labute approximate surface area is 339 Å². The van der Waals surface area contributed by atoms with Gasteiger partial charge in [-0.25, -0.2) is 15.0 Å². The number of hydrogen-bond acceptors (Lipinski definition) is 16. The zero-order valence-corrected chi connectivity index (χ0v) is 31.6. The molecule has 5 aliphatic heterocycles. The summed E-state index contributed by atoms with van der Waals surface area (Å²) in [7, 11) is 0. The van der Waals surface area contributed by atoms with Crippen LogP contribution in [0.4, 0.5) is 22.7 Å². The maximum absolute atomic E-state index is 8.96. The van der Waals surface area contributed by atoms with Crippen LogP contribution >= 0.6 is 36.6 Å². The zero-order valence-electron chi connectivity index (χ0n) is 29.1. The maximum Gasteiger partial charge on any atom is 0.196 e. The molecule has 0 atom stereocenters. The van der Waals surface area contributed by atoms with Gasteiger partial charge >= 0.3 is 0 Å². The van der Waals surface area contributed by atoms with Gasteiger partial charge < -0.3 is 32.5 Å². The number of rotatable bonds is 2. The second kappa shape index (κ2) is 22.3. The number of aryl methyl sites for hydroxylation is 1. The number of aromatic hydroxyl groups is 1. The van der Waals surface area contributed by atoms with Crippen molar-refractivity contribution < 1.29 is 27.5 Å². The van der Waals surface area contributed by atoms with Crippen molar-refractivity contribution in [2.75, 3.05) is 13.2 Å². The molecular weight excluding hydrogens is 773 g/mol. The molecule has 0 spiro atoms. The van der Waals surface area contributed by atoms with Crippen LogP contribution in [0.1, 0.15) is 56.3 Å². The molecule has 5 aliphatic rings. The number of aromatic nitrogens is 4.